The van der Waals surface area contributed by atoms with Gasteiger partial charge < -0.3 is 15.6 Å². The maximum absolute atomic E-state index is 11.2. The van der Waals surface area contributed by atoms with Crippen LogP contribution < -0.4 is 5.73 Å². The summed E-state index contributed by atoms with van der Waals surface area (Å²) in [6, 6.07) is 4.41. The number of carbonyl (C=O) groups is 1. The van der Waals surface area contributed by atoms with E-state index in [4.69, 9.17) is 5.73 Å². The molecule has 0 radical (unpaired) electrons. The van der Waals surface area contributed by atoms with Crippen LogP contribution in [0.1, 0.15) is 12.5 Å². The molecule has 1 rings (SSSR count). The number of carbonyl (C=O) groups excluding carboxylic acids is 1. The van der Waals surface area contributed by atoms with Crippen LogP contribution in [0.3, 0.4) is 0 Å². The van der Waals surface area contributed by atoms with Crippen molar-refractivity contribution in [3.05, 3.63) is 34.3 Å². The lowest BCUT2D eigenvalue weighted by Gasteiger charge is -2.13. The van der Waals surface area contributed by atoms with E-state index >= 15 is 0 Å². The van der Waals surface area contributed by atoms with Gasteiger partial charge in [-0.2, -0.15) is 0 Å². The predicted octanol–water partition coefficient (Wildman–Crippen LogP) is 2.30. The van der Waals surface area contributed by atoms with Crippen LogP contribution in [-0.4, -0.2) is 24.2 Å². The van der Waals surface area contributed by atoms with Crippen LogP contribution in [0.2, 0.25) is 0 Å². The van der Waals surface area contributed by atoms with Gasteiger partial charge in [-0.25, -0.2) is 0 Å². The molecule has 0 aliphatic rings. The van der Waals surface area contributed by atoms with E-state index < -0.39 is 12.0 Å². The van der Waals surface area contributed by atoms with Crippen molar-refractivity contribution >= 4 is 28.0 Å². The van der Waals surface area contributed by atoms with Gasteiger partial charge in [-0.1, -0.05) is 35.0 Å². The summed E-state index contributed by atoms with van der Waals surface area (Å²) < 4.78 is 5.44. The first-order valence-corrected chi connectivity index (χ1v) is 6.25. The number of benzene rings is 1. The molecule has 4 nitrogen and oxygen atoms in total. The minimum Gasteiger partial charge on any atom is -0.507 e. The maximum Gasteiger partial charge on any atom is 0.323 e. The average Bonchev–Trinajstić information content (AvgIpc) is 2.37. The number of phenolic OH excluding ortho intramolecular Hbond substituents is 1. The van der Waals surface area contributed by atoms with E-state index in [2.05, 4.69) is 20.7 Å². The Morgan fingerprint density at radius 3 is 2.83 bits per heavy atom. The van der Waals surface area contributed by atoms with E-state index in [1.165, 1.54) is 7.11 Å². The first-order chi connectivity index (χ1) is 8.45. The highest BCUT2D eigenvalue weighted by atomic mass is 79.9. The SMILES string of the molecule is COC(=O)C(N)C(C)C=Cc1cc(Br)ccc1O. The summed E-state index contributed by atoms with van der Waals surface area (Å²) >= 11 is 3.32. The molecule has 0 bridgehead atoms. The molecule has 0 fully saturated rings. The predicted molar refractivity (Wildman–Crippen MR) is 74.0 cm³/mol. The van der Waals surface area contributed by atoms with Crippen molar-refractivity contribution in [1.82, 2.24) is 0 Å². The Balaban J connectivity index is 2.80. The van der Waals surface area contributed by atoms with Gasteiger partial charge in [0.2, 0.25) is 0 Å². The maximum atomic E-state index is 11.2. The van der Waals surface area contributed by atoms with Crippen LogP contribution in [-0.2, 0) is 9.53 Å². The van der Waals surface area contributed by atoms with Crippen LogP contribution >= 0.6 is 15.9 Å². The summed E-state index contributed by atoms with van der Waals surface area (Å²) in [5.41, 5.74) is 6.37. The number of esters is 1. The number of hydrogen-bond donors (Lipinski definition) is 2. The van der Waals surface area contributed by atoms with Crippen LogP contribution in [0.4, 0.5) is 0 Å². The zero-order valence-electron chi connectivity index (χ0n) is 10.3. The average molecular weight is 314 g/mol. The molecule has 1 aromatic rings. The molecular formula is C13H16BrNO3. The summed E-state index contributed by atoms with van der Waals surface area (Å²) in [6.07, 6.45) is 3.50. The number of rotatable bonds is 4. The Morgan fingerprint density at radius 2 is 2.22 bits per heavy atom. The Kier molecular flexibility index (Phi) is 5.37. The molecule has 1 aromatic carbocycles. The van der Waals surface area contributed by atoms with Gasteiger partial charge in [0, 0.05) is 16.0 Å². The normalized spacial score (nSPS) is 14.4. The van der Waals surface area contributed by atoms with Gasteiger partial charge in [-0.05, 0) is 18.2 Å². The highest BCUT2D eigenvalue weighted by Crippen LogP contribution is 2.23. The first kappa shape index (κ1) is 14.7. The van der Waals surface area contributed by atoms with Crippen molar-refractivity contribution in [3.8, 4) is 5.75 Å². The first-order valence-electron chi connectivity index (χ1n) is 5.46. The Morgan fingerprint density at radius 1 is 1.56 bits per heavy atom. The van der Waals surface area contributed by atoms with Gasteiger partial charge >= 0.3 is 5.97 Å². The number of aromatic hydroxyl groups is 1. The fraction of sp³-hybridized carbons (Fsp3) is 0.308. The summed E-state index contributed by atoms with van der Waals surface area (Å²) in [5, 5.41) is 9.65. The number of methoxy groups -OCH3 is 1. The van der Waals surface area contributed by atoms with Gasteiger partial charge in [-0.3, -0.25) is 4.79 Å². The molecule has 18 heavy (non-hydrogen) atoms. The lowest BCUT2D eigenvalue weighted by molar-refractivity contribution is -0.142. The minimum atomic E-state index is -0.708. The van der Waals surface area contributed by atoms with E-state index in [0.717, 1.165) is 4.47 Å². The quantitative estimate of drug-likeness (QED) is 0.837. The highest BCUT2D eigenvalue weighted by Gasteiger charge is 2.19. The van der Waals surface area contributed by atoms with E-state index in [0.29, 0.717) is 5.56 Å². The third kappa shape index (κ3) is 3.85. The summed E-state index contributed by atoms with van der Waals surface area (Å²) in [4.78, 5) is 11.2. The summed E-state index contributed by atoms with van der Waals surface area (Å²) in [6.45, 7) is 1.81. The molecule has 98 valence electrons. The minimum absolute atomic E-state index is 0.174. The highest BCUT2D eigenvalue weighted by molar-refractivity contribution is 9.10. The van der Waals surface area contributed by atoms with Crippen LogP contribution in [0.15, 0.2) is 28.7 Å². The number of halogens is 1. The fourth-order valence-electron chi connectivity index (χ4n) is 1.38. The molecule has 5 heteroatoms. The second-order valence-electron chi connectivity index (χ2n) is 3.97. The van der Waals surface area contributed by atoms with Gasteiger partial charge in [-0.15, -0.1) is 0 Å². The third-order valence-electron chi connectivity index (χ3n) is 2.61. The van der Waals surface area contributed by atoms with E-state index in [1.54, 1.807) is 30.4 Å². The monoisotopic (exact) mass is 313 g/mol. The Bertz CT molecular complexity index is 460. The molecule has 0 aromatic heterocycles. The molecule has 0 saturated carbocycles. The topological polar surface area (TPSA) is 72.5 Å². The Hall–Kier alpha value is -1.33. The van der Waals surface area contributed by atoms with Crippen molar-refractivity contribution in [2.75, 3.05) is 7.11 Å². The Labute approximate surface area is 115 Å². The number of nitrogens with two attached hydrogens (primary N) is 1. The standard InChI is InChI=1S/C13H16BrNO3/c1-8(12(15)13(17)18-2)3-4-9-7-10(14)5-6-11(9)16/h3-8,12,16H,15H2,1-2H3. The molecule has 0 aliphatic carbocycles. The third-order valence-corrected chi connectivity index (χ3v) is 3.10. The largest absolute Gasteiger partial charge is 0.507 e. The summed E-state index contributed by atoms with van der Waals surface area (Å²) in [5.74, 6) is -0.463. The molecular weight excluding hydrogens is 298 g/mol. The van der Waals surface area contributed by atoms with Gasteiger partial charge in [0.15, 0.2) is 0 Å². The van der Waals surface area contributed by atoms with Crippen molar-refractivity contribution in [3.63, 3.8) is 0 Å². The molecule has 0 heterocycles. The summed E-state index contributed by atoms with van der Waals surface area (Å²) in [7, 11) is 1.30. The molecule has 0 amide bonds. The zero-order chi connectivity index (χ0) is 13.7. The van der Waals surface area contributed by atoms with E-state index in [-0.39, 0.29) is 11.7 Å². The van der Waals surface area contributed by atoms with E-state index in [1.807, 2.05) is 6.92 Å². The molecule has 0 saturated heterocycles. The molecule has 2 unspecified atom stereocenters. The lowest BCUT2D eigenvalue weighted by atomic mass is 10.0. The number of ether oxygens (including phenoxy) is 1. The van der Waals surface area contributed by atoms with Gasteiger partial charge in [0.1, 0.15) is 11.8 Å². The van der Waals surface area contributed by atoms with Crippen LogP contribution in [0, 0.1) is 5.92 Å². The second kappa shape index (κ2) is 6.56. The fourth-order valence-corrected chi connectivity index (χ4v) is 1.76. The van der Waals surface area contributed by atoms with Crippen molar-refractivity contribution in [1.29, 1.82) is 0 Å². The van der Waals surface area contributed by atoms with Gasteiger partial charge in [0.05, 0.1) is 7.11 Å². The van der Waals surface area contributed by atoms with Crippen molar-refractivity contribution < 1.29 is 14.6 Å². The van der Waals surface area contributed by atoms with Crippen LogP contribution in [0.5, 0.6) is 5.75 Å². The molecule has 0 aliphatic heterocycles. The van der Waals surface area contributed by atoms with E-state index in [9.17, 15) is 9.90 Å². The second-order valence-corrected chi connectivity index (χ2v) is 4.89. The molecule has 0 spiro atoms. The number of hydrogen-bond acceptors (Lipinski definition) is 4. The van der Waals surface area contributed by atoms with Crippen LogP contribution in [0.25, 0.3) is 6.08 Å². The van der Waals surface area contributed by atoms with Crippen molar-refractivity contribution in [2.24, 2.45) is 11.7 Å². The van der Waals surface area contributed by atoms with Gasteiger partial charge in [0.25, 0.3) is 0 Å². The smallest absolute Gasteiger partial charge is 0.323 e. The zero-order valence-corrected chi connectivity index (χ0v) is 11.8. The van der Waals surface area contributed by atoms with Crippen molar-refractivity contribution in [2.45, 2.75) is 13.0 Å². The molecule has 2 atom stereocenters. The number of phenols is 1. The lowest BCUT2D eigenvalue weighted by Crippen LogP contribution is -2.36. The molecule has 3 N–H and O–H groups in total.